The van der Waals surface area contributed by atoms with Crippen LogP contribution in [0.3, 0.4) is 0 Å². The Hall–Kier alpha value is -2.87. The van der Waals surface area contributed by atoms with Crippen molar-refractivity contribution in [1.29, 1.82) is 0 Å². The van der Waals surface area contributed by atoms with E-state index < -0.39 is 0 Å². The van der Waals surface area contributed by atoms with Crippen LogP contribution in [0.5, 0.6) is 5.75 Å². The van der Waals surface area contributed by atoms with E-state index in [9.17, 15) is 4.79 Å². The summed E-state index contributed by atoms with van der Waals surface area (Å²) in [5, 5.41) is 0. The summed E-state index contributed by atoms with van der Waals surface area (Å²) in [6.45, 7) is 5.64. The Bertz CT molecular complexity index is 1330. The number of fused-ring (bicyclic) bond motifs is 2. The van der Waals surface area contributed by atoms with Gasteiger partial charge in [-0.05, 0) is 95.1 Å². The van der Waals surface area contributed by atoms with Gasteiger partial charge in [0, 0.05) is 21.2 Å². The molecule has 0 bridgehead atoms. The van der Waals surface area contributed by atoms with Gasteiger partial charge in [0.2, 0.25) is 0 Å². The van der Waals surface area contributed by atoms with E-state index in [1.54, 1.807) is 0 Å². The average molecular weight is 537 g/mol. The molecule has 0 radical (unpaired) electrons. The largest absolute Gasteiger partial charge is 0.491 e. The zero-order valence-electron chi connectivity index (χ0n) is 18.1. The molecule has 1 N–H and O–H groups in total. The lowest BCUT2D eigenvalue weighted by Gasteiger charge is -2.21. The Morgan fingerprint density at radius 1 is 1.12 bits per heavy atom. The quantitative estimate of drug-likeness (QED) is 0.339. The zero-order chi connectivity index (χ0) is 22.2. The van der Waals surface area contributed by atoms with Crippen LogP contribution in [0.2, 0.25) is 0 Å². The van der Waals surface area contributed by atoms with Crippen molar-refractivity contribution in [2.24, 2.45) is 0 Å². The molecule has 1 aromatic heterocycles. The van der Waals surface area contributed by atoms with Crippen molar-refractivity contribution in [3.63, 3.8) is 0 Å². The number of halogens is 1. The number of ether oxygens (including phenoxy) is 1. The summed E-state index contributed by atoms with van der Waals surface area (Å²) in [7, 11) is 0. The number of aromatic nitrogens is 2. The second-order valence-corrected chi connectivity index (χ2v) is 9.35. The van der Waals surface area contributed by atoms with Crippen LogP contribution < -0.4 is 4.74 Å². The molecule has 1 aliphatic heterocycles. The van der Waals surface area contributed by atoms with Crippen molar-refractivity contribution in [2.45, 2.75) is 26.8 Å². The van der Waals surface area contributed by atoms with Crippen LogP contribution in [0.1, 0.15) is 34.2 Å². The molecule has 0 aliphatic carbocycles. The first-order valence-corrected chi connectivity index (χ1v) is 11.9. The molecule has 5 nitrogen and oxygen atoms in total. The minimum atomic E-state index is 0.0643. The number of aromatic amines is 1. The van der Waals surface area contributed by atoms with E-state index in [0.717, 1.165) is 60.4 Å². The molecule has 32 heavy (non-hydrogen) atoms. The van der Waals surface area contributed by atoms with E-state index in [2.05, 4.69) is 69.8 Å². The molecule has 4 aromatic rings. The van der Waals surface area contributed by atoms with Crippen molar-refractivity contribution in [3.8, 4) is 16.9 Å². The smallest absolute Gasteiger partial charge is 0.254 e. The molecule has 1 aliphatic rings. The zero-order valence-corrected chi connectivity index (χ0v) is 20.3. The Kier molecular flexibility index (Phi) is 5.63. The molecule has 0 fully saturated rings. The number of benzene rings is 3. The minimum absolute atomic E-state index is 0.0643. The average Bonchev–Trinajstić information content (AvgIpc) is 3.04. The highest BCUT2D eigenvalue weighted by atomic mass is 127. The first kappa shape index (κ1) is 21.0. The lowest BCUT2D eigenvalue weighted by molar-refractivity contribution is 0.0732. The molecule has 3 aromatic carbocycles. The van der Waals surface area contributed by atoms with E-state index in [0.29, 0.717) is 19.7 Å². The molecule has 0 saturated heterocycles. The van der Waals surface area contributed by atoms with Gasteiger partial charge < -0.3 is 14.6 Å². The second kappa shape index (κ2) is 8.58. The van der Waals surface area contributed by atoms with Crippen molar-refractivity contribution in [2.75, 3.05) is 13.2 Å². The van der Waals surface area contributed by atoms with Crippen molar-refractivity contribution in [1.82, 2.24) is 14.9 Å². The fourth-order valence-corrected chi connectivity index (χ4v) is 4.85. The van der Waals surface area contributed by atoms with Gasteiger partial charge in [0.25, 0.3) is 5.91 Å². The maximum atomic E-state index is 13.4. The molecule has 5 rings (SSSR count). The lowest BCUT2D eigenvalue weighted by Crippen LogP contribution is -2.33. The Labute approximate surface area is 201 Å². The number of carbonyl (C=O) groups excluding carboxylic acids is 1. The fraction of sp³-hybridized carbons (Fsp3) is 0.231. The van der Waals surface area contributed by atoms with Gasteiger partial charge in [0.15, 0.2) is 0 Å². The van der Waals surface area contributed by atoms with Gasteiger partial charge in [-0.3, -0.25) is 4.79 Å². The van der Waals surface area contributed by atoms with Gasteiger partial charge in [-0.25, -0.2) is 4.98 Å². The molecule has 0 saturated carbocycles. The lowest BCUT2D eigenvalue weighted by atomic mass is 10.0. The third-order valence-electron chi connectivity index (χ3n) is 5.94. The number of carbonyl (C=O) groups is 1. The molecule has 0 unspecified atom stereocenters. The van der Waals surface area contributed by atoms with Crippen molar-refractivity contribution in [3.05, 3.63) is 80.7 Å². The molecule has 0 atom stereocenters. The van der Waals surface area contributed by atoms with E-state index >= 15 is 0 Å². The normalized spacial score (nSPS) is 13.5. The third-order valence-corrected chi connectivity index (χ3v) is 6.61. The van der Waals surface area contributed by atoms with E-state index in [1.807, 2.05) is 36.1 Å². The number of nitrogens with zero attached hydrogens (tertiary/aromatic N) is 2. The second-order valence-electron chi connectivity index (χ2n) is 8.11. The standard InChI is InChI=1S/C26H24IN3O2/c1-3-17-13-21(27)6-7-22(17)26(31)30-10-11-32-25-9-5-18(12-20(25)15-30)19-4-8-23-24(14-19)29-16(2)28-23/h4-9,12-14H,3,10-11,15H2,1-2H3,(H,28,29). The summed E-state index contributed by atoms with van der Waals surface area (Å²) in [4.78, 5) is 23.1. The summed E-state index contributed by atoms with van der Waals surface area (Å²) in [5.41, 5.74) is 7.09. The van der Waals surface area contributed by atoms with Crippen molar-refractivity contribution < 1.29 is 9.53 Å². The van der Waals surface area contributed by atoms with Crippen LogP contribution in [-0.2, 0) is 13.0 Å². The number of aryl methyl sites for hydroxylation is 2. The molecule has 0 spiro atoms. The number of hydrogen-bond acceptors (Lipinski definition) is 3. The Balaban J connectivity index is 1.47. The number of nitrogens with one attached hydrogen (secondary N) is 1. The predicted octanol–water partition coefficient (Wildman–Crippen LogP) is 5.74. The monoisotopic (exact) mass is 537 g/mol. The fourth-order valence-electron chi connectivity index (χ4n) is 4.30. The summed E-state index contributed by atoms with van der Waals surface area (Å²) < 4.78 is 7.14. The number of hydrogen-bond donors (Lipinski definition) is 1. The Morgan fingerprint density at radius 3 is 2.78 bits per heavy atom. The van der Waals surface area contributed by atoms with Gasteiger partial charge >= 0.3 is 0 Å². The van der Waals surface area contributed by atoms with Gasteiger partial charge in [-0.15, -0.1) is 0 Å². The number of imidazole rings is 1. The van der Waals surface area contributed by atoms with E-state index in [4.69, 9.17) is 4.74 Å². The SMILES string of the molecule is CCc1cc(I)ccc1C(=O)N1CCOc2ccc(-c3ccc4nc(C)[nH]c4c3)cc2C1. The molecule has 6 heteroatoms. The number of amides is 1. The first-order valence-electron chi connectivity index (χ1n) is 10.8. The van der Waals surface area contributed by atoms with Crippen molar-refractivity contribution >= 4 is 39.5 Å². The minimum Gasteiger partial charge on any atom is -0.491 e. The predicted molar refractivity (Wildman–Crippen MR) is 135 cm³/mol. The highest BCUT2D eigenvalue weighted by molar-refractivity contribution is 14.1. The first-order chi connectivity index (χ1) is 15.5. The summed E-state index contributed by atoms with van der Waals surface area (Å²) >= 11 is 2.29. The van der Waals surface area contributed by atoms with Crippen LogP contribution in [0, 0.1) is 10.5 Å². The maximum absolute atomic E-state index is 13.4. The summed E-state index contributed by atoms with van der Waals surface area (Å²) in [6, 6.07) is 18.5. The van der Waals surface area contributed by atoms with Gasteiger partial charge in [-0.1, -0.05) is 19.1 Å². The summed E-state index contributed by atoms with van der Waals surface area (Å²) in [6.07, 6.45) is 0.832. The molecular weight excluding hydrogens is 513 g/mol. The molecule has 2 heterocycles. The van der Waals surface area contributed by atoms with Gasteiger partial charge in [-0.2, -0.15) is 0 Å². The molecule has 162 valence electrons. The van der Waals surface area contributed by atoms with Gasteiger partial charge in [0.05, 0.1) is 17.6 Å². The number of rotatable bonds is 3. The van der Waals surface area contributed by atoms with E-state index in [1.165, 1.54) is 0 Å². The van der Waals surface area contributed by atoms with Gasteiger partial charge in [0.1, 0.15) is 18.2 Å². The maximum Gasteiger partial charge on any atom is 0.254 e. The number of H-pyrrole nitrogens is 1. The topological polar surface area (TPSA) is 58.2 Å². The molecular formula is C26H24IN3O2. The van der Waals surface area contributed by atoms with Crippen LogP contribution in [0.15, 0.2) is 54.6 Å². The van der Waals surface area contributed by atoms with Crippen LogP contribution >= 0.6 is 22.6 Å². The molecule has 1 amide bonds. The van der Waals surface area contributed by atoms with Crippen LogP contribution in [-0.4, -0.2) is 33.9 Å². The van der Waals surface area contributed by atoms with Crippen LogP contribution in [0.4, 0.5) is 0 Å². The highest BCUT2D eigenvalue weighted by Crippen LogP contribution is 2.31. The summed E-state index contributed by atoms with van der Waals surface area (Å²) in [5.74, 6) is 1.82. The van der Waals surface area contributed by atoms with Crippen LogP contribution in [0.25, 0.3) is 22.2 Å². The van der Waals surface area contributed by atoms with E-state index in [-0.39, 0.29) is 5.91 Å². The highest BCUT2D eigenvalue weighted by Gasteiger charge is 2.23. The third kappa shape index (κ3) is 3.99. The Morgan fingerprint density at radius 2 is 1.94 bits per heavy atom.